The SMILES string of the molecule is CC(C)OC1c2cc(NCc3cccc(Cl)c3)ccc2OC(C)(C)C1OCc1cccc(F)c1. The van der Waals surface area contributed by atoms with Gasteiger partial charge < -0.3 is 19.5 Å². The van der Waals surface area contributed by atoms with Crippen LogP contribution in [-0.2, 0) is 22.6 Å². The van der Waals surface area contributed by atoms with Gasteiger partial charge in [-0.3, -0.25) is 0 Å². The molecular weight excluding hydrogens is 453 g/mol. The number of ether oxygens (including phenoxy) is 3. The molecule has 4 rings (SSSR count). The van der Waals surface area contributed by atoms with Crippen molar-refractivity contribution in [3.63, 3.8) is 0 Å². The highest BCUT2D eigenvalue weighted by molar-refractivity contribution is 6.30. The van der Waals surface area contributed by atoms with E-state index in [1.807, 2.05) is 70.2 Å². The summed E-state index contributed by atoms with van der Waals surface area (Å²) in [5.74, 6) is 0.491. The van der Waals surface area contributed by atoms with Gasteiger partial charge in [-0.1, -0.05) is 35.9 Å². The fourth-order valence-corrected chi connectivity index (χ4v) is 4.45. The standard InChI is InChI=1S/C28H31ClFNO3/c1-18(2)33-26-24-15-23(31-16-19-7-5-9-21(29)13-19)11-12-25(24)34-28(3,4)27(26)32-17-20-8-6-10-22(30)14-20/h5-15,18,26-27,31H,16-17H2,1-4H3. The first-order valence-corrected chi connectivity index (χ1v) is 11.9. The molecule has 0 bridgehead atoms. The second-order valence-corrected chi connectivity index (χ2v) is 9.84. The van der Waals surface area contributed by atoms with Crippen LogP contribution in [0.3, 0.4) is 0 Å². The first kappa shape index (κ1) is 24.5. The van der Waals surface area contributed by atoms with Gasteiger partial charge in [-0.25, -0.2) is 4.39 Å². The van der Waals surface area contributed by atoms with Crippen LogP contribution in [0, 0.1) is 5.82 Å². The molecule has 0 saturated carbocycles. The van der Waals surface area contributed by atoms with Gasteiger partial charge in [0, 0.05) is 22.8 Å². The number of halogens is 2. The molecule has 2 atom stereocenters. The third kappa shape index (κ3) is 5.90. The van der Waals surface area contributed by atoms with E-state index in [4.69, 9.17) is 25.8 Å². The van der Waals surface area contributed by atoms with Crippen molar-refractivity contribution in [1.29, 1.82) is 0 Å². The summed E-state index contributed by atoms with van der Waals surface area (Å²) in [6.07, 6.45) is -0.760. The van der Waals surface area contributed by atoms with Crippen molar-refractivity contribution in [2.75, 3.05) is 5.32 Å². The minimum Gasteiger partial charge on any atom is -0.485 e. The molecule has 6 heteroatoms. The minimum atomic E-state index is -0.643. The first-order valence-electron chi connectivity index (χ1n) is 11.5. The van der Waals surface area contributed by atoms with Crippen LogP contribution in [0.25, 0.3) is 0 Å². The third-order valence-corrected chi connectivity index (χ3v) is 6.01. The van der Waals surface area contributed by atoms with Gasteiger partial charge in [0.05, 0.1) is 12.7 Å². The summed E-state index contributed by atoms with van der Waals surface area (Å²) in [5, 5.41) is 4.17. The quantitative estimate of drug-likeness (QED) is 0.364. The summed E-state index contributed by atoms with van der Waals surface area (Å²) in [6.45, 7) is 8.90. The van der Waals surface area contributed by atoms with Crippen molar-refractivity contribution < 1.29 is 18.6 Å². The highest BCUT2D eigenvalue weighted by Crippen LogP contribution is 2.45. The van der Waals surface area contributed by atoms with E-state index >= 15 is 0 Å². The molecule has 0 radical (unpaired) electrons. The topological polar surface area (TPSA) is 39.7 Å². The first-order chi connectivity index (χ1) is 16.2. The van der Waals surface area contributed by atoms with Crippen molar-refractivity contribution >= 4 is 17.3 Å². The molecule has 0 fully saturated rings. The van der Waals surface area contributed by atoms with Gasteiger partial charge in [0.1, 0.15) is 29.4 Å². The monoisotopic (exact) mass is 483 g/mol. The Morgan fingerprint density at radius 3 is 2.53 bits per heavy atom. The predicted octanol–water partition coefficient (Wildman–Crippen LogP) is 7.31. The molecule has 0 amide bonds. The van der Waals surface area contributed by atoms with Crippen molar-refractivity contribution in [1.82, 2.24) is 0 Å². The van der Waals surface area contributed by atoms with Crippen LogP contribution in [0.15, 0.2) is 66.7 Å². The summed E-state index contributed by atoms with van der Waals surface area (Å²) >= 11 is 6.12. The Morgan fingerprint density at radius 1 is 1.03 bits per heavy atom. The lowest BCUT2D eigenvalue weighted by Gasteiger charge is -2.45. The lowest BCUT2D eigenvalue weighted by Crippen LogP contribution is -2.51. The third-order valence-electron chi connectivity index (χ3n) is 5.77. The fraction of sp³-hybridized carbons (Fsp3) is 0.357. The van der Waals surface area contributed by atoms with Crippen LogP contribution < -0.4 is 10.1 Å². The average Bonchev–Trinajstić information content (AvgIpc) is 2.77. The molecule has 1 aliphatic rings. The van der Waals surface area contributed by atoms with Crippen molar-refractivity contribution in [2.45, 2.75) is 64.8 Å². The zero-order chi connectivity index (χ0) is 24.3. The smallest absolute Gasteiger partial charge is 0.132 e. The Labute approximate surface area is 206 Å². The van der Waals surface area contributed by atoms with Crippen LogP contribution in [0.5, 0.6) is 5.75 Å². The maximum atomic E-state index is 13.7. The van der Waals surface area contributed by atoms with Crippen molar-refractivity contribution in [3.8, 4) is 5.75 Å². The Morgan fingerprint density at radius 2 is 1.79 bits per heavy atom. The Kier molecular flexibility index (Phi) is 7.46. The van der Waals surface area contributed by atoms with E-state index in [0.717, 1.165) is 28.1 Å². The van der Waals surface area contributed by atoms with Gasteiger partial charge in [0.25, 0.3) is 0 Å². The molecule has 0 saturated heterocycles. The lowest BCUT2D eigenvalue weighted by molar-refractivity contribution is -0.177. The van der Waals surface area contributed by atoms with E-state index in [2.05, 4.69) is 11.4 Å². The molecule has 180 valence electrons. The summed E-state index contributed by atoms with van der Waals surface area (Å²) in [6, 6.07) is 20.3. The summed E-state index contributed by atoms with van der Waals surface area (Å²) in [5.41, 5.74) is 3.09. The van der Waals surface area contributed by atoms with Crippen LogP contribution in [0.1, 0.15) is 50.5 Å². The molecule has 0 spiro atoms. The number of anilines is 1. The van der Waals surface area contributed by atoms with E-state index in [9.17, 15) is 4.39 Å². The molecule has 3 aromatic rings. The molecule has 4 nitrogen and oxygen atoms in total. The molecule has 0 aliphatic carbocycles. The van der Waals surface area contributed by atoms with Crippen molar-refractivity contribution in [2.24, 2.45) is 0 Å². The van der Waals surface area contributed by atoms with E-state index in [0.29, 0.717) is 11.6 Å². The molecule has 0 aromatic heterocycles. The van der Waals surface area contributed by atoms with E-state index in [-0.39, 0.29) is 24.6 Å². The molecule has 1 N–H and O–H groups in total. The second-order valence-electron chi connectivity index (χ2n) is 9.41. The molecule has 1 aliphatic heterocycles. The Hall–Kier alpha value is -2.60. The van der Waals surface area contributed by atoms with Gasteiger partial charge >= 0.3 is 0 Å². The second kappa shape index (κ2) is 10.3. The van der Waals surface area contributed by atoms with Crippen LogP contribution in [0.4, 0.5) is 10.1 Å². The van der Waals surface area contributed by atoms with E-state index < -0.39 is 11.7 Å². The normalized spacial score (nSPS) is 18.9. The largest absolute Gasteiger partial charge is 0.485 e. The maximum Gasteiger partial charge on any atom is 0.132 e. The highest BCUT2D eigenvalue weighted by atomic mass is 35.5. The molecule has 2 unspecified atom stereocenters. The molecule has 1 heterocycles. The fourth-order valence-electron chi connectivity index (χ4n) is 4.23. The van der Waals surface area contributed by atoms with E-state index in [1.165, 1.54) is 12.1 Å². The predicted molar refractivity (Wildman–Crippen MR) is 134 cm³/mol. The van der Waals surface area contributed by atoms with Gasteiger partial charge in [-0.05, 0) is 81.3 Å². The summed E-state index contributed by atoms with van der Waals surface area (Å²) in [4.78, 5) is 0. The number of rotatable bonds is 8. The number of nitrogens with one attached hydrogen (secondary N) is 1. The number of hydrogen-bond acceptors (Lipinski definition) is 4. The zero-order valence-electron chi connectivity index (χ0n) is 20.0. The Balaban J connectivity index is 1.59. The van der Waals surface area contributed by atoms with Gasteiger partial charge in [-0.15, -0.1) is 0 Å². The maximum absolute atomic E-state index is 13.7. The number of hydrogen-bond donors (Lipinski definition) is 1. The molecule has 34 heavy (non-hydrogen) atoms. The summed E-state index contributed by atoms with van der Waals surface area (Å²) < 4.78 is 32.8. The number of benzene rings is 3. The Bertz CT molecular complexity index is 1130. The van der Waals surface area contributed by atoms with Crippen LogP contribution in [-0.4, -0.2) is 17.8 Å². The number of fused-ring (bicyclic) bond motifs is 1. The zero-order valence-corrected chi connectivity index (χ0v) is 20.7. The minimum absolute atomic E-state index is 0.0184. The lowest BCUT2D eigenvalue weighted by atomic mass is 9.87. The highest BCUT2D eigenvalue weighted by Gasteiger charge is 2.46. The molecular formula is C28H31ClFNO3. The van der Waals surface area contributed by atoms with Gasteiger partial charge in [-0.2, -0.15) is 0 Å². The molecule has 3 aromatic carbocycles. The van der Waals surface area contributed by atoms with Crippen LogP contribution in [0.2, 0.25) is 5.02 Å². The summed E-state index contributed by atoms with van der Waals surface area (Å²) in [7, 11) is 0. The average molecular weight is 484 g/mol. The van der Waals surface area contributed by atoms with Gasteiger partial charge in [0.15, 0.2) is 0 Å². The van der Waals surface area contributed by atoms with Crippen molar-refractivity contribution in [3.05, 3.63) is 94.3 Å². The van der Waals surface area contributed by atoms with Crippen LogP contribution >= 0.6 is 11.6 Å². The van der Waals surface area contributed by atoms with E-state index in [1.54, 1.807) is 6.07 Å². The van der Waals surface area contributed by atoms with Gasteiger partial charge in [0.2, 0.25) is 0 Å².